The van der Waals surface area contributed by atoms with Crippen LogP contribution in [0.15, 0.2) is 24.3 Å². The predicted molar refractivity (Wildman–Crippen MR) is 77.4 cm³/mol. The number of ketones is 2. The molecular formula is C17H21NO2. The maximum Gasteiger partial charge on any atom is 0.145 e. The van der Waals surface area contributed by atoms with Gasteiger partial charge in [0.1, 0.15) is 11.6 Å². The van der Waals surface area contributed by atoms with Gasteiger partial charge in [0.15, 0.2) is 0 Å². The molecule has 1 atom stereocenters. The highest BCUT2D eigenvalue weighted by Crippen LogP contribution is 2.40. The molecule has 1 heterocycles. The molecule has 0 spiro atoms. The van der Waals surface area contributed by atoms with Crippen LogP contribution in [0.25, 0.3) is 0 Å². The standard InChI is InChI=1S/C17H21NO2/c1-17(2)9-13(19)15(14(20)10-17)16-12-6-4-3-5-11(12)7-8-18-16/h3-6,15-16,18H,7-10H2,1-2H3. The summed E-state index contributed by atoms with van der Waals surface area (Å²) in [5, 5.41) is 3.39. The van der Waals surface area contributed by atoms with E-state index in [2.05, 4.69) is 11.4 Å². The molecule has 106 valence electrons. The van der Waals surface area contributed by atoms with E-state index in [1.807, 2.05) is 32.0 Å². The summed E-state index contributed by atoms with van der Waals surface area (Å²) >= 11 is 0. The van der Waals surface area contributed by atoms with Gasteiger partial charge in [0.25, 0.3) is 0 Å². The Kier molecular flexibility index (Phi) is 3.25. The Morgan fingerprint density at radius 2 is 1.75 bits per heavy atom. The molecule has 1 N–H and O–H groups in total. The number of hydrogen-bond acceptors (Lipinski definition) is 3. The lowest BCUT2D eigenvalue weighted by Crippen LogP contribution is -2.46. The zero-order chi connectivity index (χ0) is 14.3. The summed E-state index contributed by atoms with van der Waals surface area (Å²) in [5.41, 5.74) is 2.21. The SMILES string of the molecule is CC1(C)CC(=O)C(C2NCCc3ccccc32)C(=O)C1. The maximum atomic E-state index is 12.5. The first-order valence-electron chi connectivity index (χ1n) is 7.34. The second kappa shape index (κ2) is 4.81. The van der Waals surface area contributed by atoms with Crippen molar-refractivity contribution in [2.45, 2.75) is 39.2 Å². The maximum absolute atomic E-state index is 12.5. The van der Waals surface area contributed by atoms with Crippen molar-refractivity contribution in [1.29, 1.82) is 0 Å². The van der Waals surface area contributed by atoms with Crippen molar-refractivity contribution >= 4 is 11.6 Å². The van der Waals surface area contributed by atoms with Gasteiger partial charge in [-0.1, -0.05) is 38.1 Å². The number of nitrogens with one attached hydrogen (secondary N) is 1. The molecule has 0 saturated heterocycles. The van der Waals surface area contributed by atoms with Crippen LogP contribution in [0.4, 0.5) is 0 Å². The molecule has 1 fully saturated rings. The molecule has 0 amide bonds. The molecule has 0 radical (unpaired) electrons. The van der Waals surface area contributed by atoms with Crippen molar-refractivity contribution in [3.8, 4) is 0 Å². The molecule has 2 aliphatic rings. The molecule has 1 unspecified atom stereocenters. The molecular weight excluding hydrogens is 250 g/mol. The average Bonchev–Trinajstić information content (AvgIpc) is 2.36. The predicted octanol–water partition coefficient (Wildman–Crippen LogP) is 2.45. The highest BCUT2D eigenvalue weighted by Gasteiger charge is 2.44. The van der Waals surface area contributed by atoms with Gasteiger partial charge in [-0.15, -0.1) is 0 Å². The molecule has 3 nitrogen and oxygen atoms in total. The number of hydrogen-bond donors (Lipinski definition) is 1. The number of benzene rings is 1. The molecule has 3 heteroatoms. The summed E-state index contributed by atoms with van der Waals surface area (Å²) in [5.74, 6) is -0.301. The van der Waals surface area contributed by atoms with Gasteiger partial charge in [0.05, 0.1) is 5.92 Å². The van der Waals surface area contributed by atoms with Crippen molar-refractivity contribution in [2.24, 2.45) is 11.3 Å². The summed E-state index contributed by atoms with van der Waals surface area (Å²) in [6, 6.07) is 8.03. The van der Waals surface area contributed by atoms with Crippen LogP contribution in [-0.4, -0.2) is 18.1 Å². The summed E-state index contributed by atoms with van der Waals surface area (Å²) in [4.78, 5) is 24.9. The second-order valence-corrected chi connectivity index (χ2v) is 6.81. The van der Waals surface area contributed by atoms with E-state index >= 15 is 0 Å². The first-order valence-corrected chi connectivity index (χ1v) is 7.34. The Morgan fingerprint density at radius 3 is 2.45 bits per heavy atom. The van der Waals surface area contributed by atoms with Crippen molar-refractivity contribution in [1.82, 2.24) is 5.32 Å². The fourth-order valence-corrected chi connectivity index (χ4v) is 3.61. The number of Topliss-reactive ketones (excluding diaryl/α,β-unsaturated/α-hetero) is 2. The van der Waals surface area contributed by atoms with Crippen LogP contribution >= 0.6 is 0 Å². The van der Waals surface area contributed by atoms with E-state index in [1.165, 1.54) is 5.56 Å². The van der Waals surface area contributed by atoms with Crippen molar-refractivity contribution in [3.63, 3.8) is 0 Å². The van der Waals surface area contributed by atoms with Gasteiger partial charge >= 0.3 is 0 Å². The van der Waals surface area contributed by atoms with Crippen LogP contribution in [0, 0.1) is 11.3 Å². The molecule has 1 aromatic rings. The Labute approximate surface area is 119 Å². The van der Waals surface area contributed by atoms with Gasteiger partial charge in [-0.05, 0) is 29.5 Å². The monoisotopic (exact) mass is 271 g/mol. The van der Waals surface area contributed by atoms with Crippen LogP contribution in [-0.2, 0) is 16.0 Å². The van der Waals surface area contributed by atoms with Crippen molar-refractivity contribution < 1.29 is 9.59 Å². The molecule has 1 aliphatic carbocycles. The third-order valence-electron chi connectivity index (χ3n) is 4.48. The molecule has 1 aromatic carbocycles. The van der Waals surface area contributed by atoms with E-state index in [0.717, 1.165) is 18.5 Å². The fraction of sp³-hybridized carbons (Fsp3) is 0.529. The summed E-state index contributed by atoms with van der Waals surface area (Å²) in [6.45, 7) is 4.84. The molecule has 1 saturated carbocycles. The zero-order valence-electron chi connectivity index (χ0n) is 12.1. The molecule has 1 aliphatic heterocycles. The van der Waals surface area contributed by atoms with Crippen LogP contribution in [0.5, 0.6) is 0 Å². The molecule has 0 bridgehead atoms. The van der Waals surface area contributed by atoms with Crippen LogP contribution in [0.3, 0.4) is 0 Å². The van der Waals surface area contributed by atoms with Crippen molar-refractivity contribution in [3.05, 3.63) is 35.4 Å². The lowest BCUT2D eigenvalue weighted by Gasteiger charge is -2.38. The highest BCUT2D eigenvalue weighted by molar-refractivity contribution is 6.06. The van der Waals surface area contributed by atoms with Gasteiger partial charge in [-0.25, -0.2) is 0 Å². The first kappa shape index (κ1) is 13.5. The lowest BCUT2D eigenvalue weighted by molar-refractivity contribution is -0.141. The quantitative estimate of drug-likeness (QED) is 0.798. The minimum Gasteiger partial charge on any atom is -0.309 e. The van der Waals surface area contributed by atoms with E-state index in [0.29, 0.717) is 12.8 Å². The van der Waals surface area contributed by atoms with E-state index in [-0.39, 0.29) is 23.0 Å². The minimum atomic E-state index is -0.496. The van der Waals surface area contributed by atoms with Gasteiger partial charge < -0.3 is 5.32 Å². The highest BCUT2D eigenvalue weighted by atomic mass is 16.2. The van der Waals surface area contributed by atoms with E-state index in [1.54, 1.807) is 0 Å². The fourth-order valence-electron chi connectivity index (χ4n) is 3.61. The number of carbonyl (C=O) groups is 2. The van der Waals surface area contributed by atoms with Crippen LogP contribution < -0.4 is 5.32 Å². The number of carbonyl (C=O) groups excluding carboxylic acids is 2. The molecule has 0 aromatic heterocycles. The summed E-state index contributed by atoms with van der Waals surface area (Å²) in [6.07, 6.45) is 1.97. The molecule has 3 rings (SSSR count). The number of fused-ring (bicyclic) bond motifs is 1. The van der Waals surface area contributed by atoms with E-state index in [9.17, 15) is 9.59 Å². The largest absolute Gasteiger partial charge is 0.309 e. The smallest absolute Gasteiger partial charge is 0.145 e. The van der Waals surface area contributed by atoms with Gasteiger partial charge in [-0.2, -0.15) is 0 Å². The Morgan fingerprint density at radius 1 is 1.10 bits per heavy atom. The second-order valence-electron chi connectivity index (χ2n) is 6.81. The van der Waals surface area contributed by atoms with Crippen LogP contribution in [0.2, 0.25) is 0 Å². The third-order valence-corrected chi connectivity index (χ3v) is 4.48. The molecule has 20 heavy (non-hydrogen) atoms. The Balaban J connectivity index is 1.94. The lowest BCUT2D eigenvalue weighted by atomic mass is 9.68. The normalized spacial score (nSPS) is 26.4. The minimum absolute atomic E-state index is 0.0976. The van der Waals surface area contributed by atoms with Gasteiger partial charge in [0.2, 0.25) is 0 Å². The average molecular weight is 271 g/mol. The Hall–Kier alpha value is -1.48. The summed E-state index contributed by atoms with van der Waals surface area (Å²) in [7, 11) is 0. The zero-order valence-corrected chi connectivity index (χ0v) is 12.1. The van der Waals surface area contributed by atoms with Crippen molar-refractivity contribution in [2.75, 3.05) is 6.54 Å². The van der Waals surface area contributed by atoms with E-state index < -0.39 is 5.92 Å². The summed E-state index contributed by atoms with van der Waals surface area (Å²) < 4.78 is 0. The van der Waals surface area contributed by atoms with Crippen LogP contribution in [0.1, 0.15) is 43.9 Å². The number of rotatable bonds is 1. The van der Waals surface area contributed by atoms with Gasteiger partial charge in [0, 0.05) is 18.9 Å². The third kappa shape index (κ3) is 2.31. The topological polar surface area (TPSA) is 46.2 Å². The van der Waals surface area contributed by atoms with Gasteiger partial charge in [-0.3, -0.25) is 9.59 Å². The van der Waals surface area contributed by atoms with E-state index in [4.69, 9.17) is 0 Å². The first-order chi connectivity index (χ1) is 9.48. The Bertz CT molecular complexity index is 542.